The van der Waals surface area contributed by atoms with Gasteiger partial charge in [0.15, 0.2) is 6.79 Å². The number of esters is 1. The highest BCUT2D eigenvalue weighted by Crippen LogP contribution is 2.18. The van der Waals surface area contributed by atoms with E-state index in [1.54, 1.807) is 20.3 Å². The minimum atomic E-state index is -0.445. The maximum atomic E-state index is 11.5. The van der Waals surface area contributed by atoms with Crippen LogP contribution in [0, 0.1) is 0 Å². The van der Waals surface area contributed by atoms with Gasteiger partial charge in [-0.3, -0.25) is 0 Å². The van der Waals surface area contributed by atoms with Crippen molar-refractivity contribution in [1.29, 1.82) is 0 Å². The quantitative estimate of drug-likeness (QED) is 0.201. The minimum absolute atomic E-state index is 0.114. The smallest absolute Gasteiger partial charge is 0.330 e. The van der Waals surface area contributed by atoms with E-state index < -0.39 is 5.97 Å². The topological polar surface area (TPSA) is 63.2 Å². The van der Waals surface area contributed by atoms with E-state index >= 15 is 0 Å². The van der Waals surface area contributed by atoms with Gasteiger partial charge in [0.2, 0.25) is 0 Å². The number of carbonyl (C=O) groups excluding carboxylic acids is 1. The first kappa shape index (κ1) is 22.9. The van der Waals surface area contributed by atoms with Crippen molar-refractivity contribution in [3.8, 4) is 5.75 Å². The van der Waals surface area contributed by atoms with Crippen LogP contribution in [-0.2, 0) is 30.2 Å². The molecule has 1 rings (SSSR count). The fourth-order valence-electron chi connectivity index (χ4n) is 2.52. The van der Waals surface area contributed by atoms with E-state index in [0.717, 1.165) is 30.2 Å². The fraction of sp³-hybridized carbons (Fsp3) is 0.476. The average molecular weight is 378 g/mol. The van der Waals surface area contributed by atoms with Crippen molar-refractivity contribution in [1.82, 2.24) is 0 Å². The summed E-state index contributed by atoms with van der Waals surface area (Å²) in [4.78, 5) is 11.5. The van der Waals surface area contributed by atoms with Gasteiger partial charge in [-0.2, -0.15) is 0 Å². The Bertz CT molecular complexity index is 554. The second kappa shape index (κ2) is 14.0. The molecule has 0 fully saturated rings. The Morgan fingerprint density at radius 2 is 1.78 bits per heavy atom. The molecule has 0 N–H and O–H groups in total. The molecular formula is C21H30O6. The summed E-state index contributed by atoms with van der Waals surface area (Å²) in [6.07, 6.45) is 5.16. The zero-order chi connectivity index (χ0) is 19.9. The third-order valence-corrected chi connectivity index (χ3v) is 3.85. The molecule has 1 aromatic carbocycles. The highest BCUT2D eigenvalue weighted by Gasteiger charge is 2.19. The highest BCUT2D eigenvalue weighted by molar-refractivity contribution is 5.81. The van der Waals surface area contributed by atoms with Crippen LogP contribution < -0.4 is 4.74 Å². The van der Waals surface area contributed by atoms with Crippen LogP contribution in [-0.4, -0.2) is 46.0 Å². The molecule has 0 aromatic heterocycles. The summed E-state index contributed by atoms with van der Waals surface area (Å²) in [7, 11) is 3.16. The van der Waals surface area contributed by atoms with Crippen LogP contribution in [0.5, 0.6) is 5.75 Å². The van der Waals surface area contributed by atoms with Crippen molar-refractivity contribution < 1.29 is 28.5 Å². The molecule has 0 bridgehead atoms. The molecule has 0 saturated carbocycles. The van der Waals surface area contributed by atoms with Gasteiger partial charge >= 0.3 is 5.97 Å². The van der Waals surface area contributed by atoms with Gasteiger partial charge in [0, 0.05) is 33.1 Å². The van der Waals surface area contributed by atoms with Gasteiger partial charge in [0.1, 0.15) is 18.6 Å². The Hall–Kier alpha value is -2.15. The number of hydrogen-bond acceptors (Lipinski definition) is 6. The van der Waals surface area contributed by atoms with E-state index in [4.69, 9.17) is 23.7 Å². The molecule has 1 aromatic rings. The van der Waals surface area contributed by atoms with Gasteiger partial charge in [0.05, 0.1) is 6.10 Å². The molecule has 0 unspecified atom stereocenters. The van der Waals surface area contributed by atoms with E-state index in [2.05, 4.69) is 13.2 Å². The van der Waals surface area contributed by atoms with Crippen molar-refractivity contribution in [3.05, 3.63) is 55.1 Å². The number of methoxy groups -OCH3 is 2. The maximum absolute atomic E-state index is 11.5. The second-order valence-electron chi connectivity index (χ2n) is 5.95. The number of benzene rings is 1. The summed E-state index contributed by atoms with van der Waals surface area (Å²) in [5.74, 6) is 0.314. The van der Waals surface area contributed by atoms with Crippen LogP contribution in [0.15, 0.2) is 49.6 Å². The minimum Gasteiger partial charge on any atom is -0.468 e. The monoisotopic (exact) mass is 378 g/mol. The molecule has 0 heterocycles. The zero-order valence-electron chi connectivity index (χ0n) is 16.2. The molecular weight excluding hydrogens is 348 g/mol. The molecule has 0 spiro atoms. The number of rotatable bonds is 15. The van der Waals surface area contributed by atoms with E-state index in [1.165, 1.54) is 0 Å². The fourth-order valence-corrected chi connectivity index (χ4v) is 2.52. The number of aryl methyl sites for hydroxylation is 1. The lowest BCUT2D eigenvalue weighted by Crippen LogP contribution is -2.26. The Balaban J connectivity index is 2.62. The number of hydrogen-bond donors (Lipinski definition) is 0. The Labute approximate surface area is 161 Å². The van der Waals surface area contributed by atoms with Crippen molar-refractivity contribution >= 4 is 5.97 Å². The number of ether oxygens (including phenoxy) is 5. The van der Waals surface area contributed by atoms with Gasteiger partial charge < -0.3 is 23.7 Å². The maximum Gasteiger partial charge on any atom is 0.330 e. The Kier molecular flexibility index (Phi) is 11.8. The zero-order valence-corrected chi connectivity index (χ0v) is 16.2. The average Bonchev–Trinajstić information content (AvgIpc) is 2.69. The van der Waals surface area contributed by atoms with Crippen LogP contribution in [0.1, 0.15) is 24.8 Å². The number of carbonyl (C=O) groups is 1. The molecule has 150 valence electrons. The van der Waals surface area contributed by atoms with Crippen LogP contribution in [0.4, 0.5) is 0 Å². The van der Waals surface area contributed by atoms with Gasteiger partial charge in [-0.25, -0.2) is 4.79 Å². The van der Waals surface area contributed by atoms with E-state index in [9.17, 15) is 4.79 Å². The third kappa shape index (κ3) is 9.94. The van der Waals surface area contributed by atoms with Gasteiger partial charge in [0.25, 0.3) is 0 Å². The summed E-state index contributed by atoms with van der Waals surface area (Å²) < 4.78 is 26.4. The van der Waals surface area contributed by atoms with Gasteiger partial charge in [-0.15, -0.1) is 6.58 Å². The summed E-state index contributed by atoms with van der Waals surface area (Å²) in [5, 5.41) is 0. The molecule has 6 heteroatoms. The predicted molar refractivity (Wildman–Crippen MR) is 104 cm³/mol. The van der Waals surface area contributed by atoms with Gasteiger partial charge in [-0.1, -0.05) is 24.8 Å². The molecule has 6 nitrogen and oxygen atoms in total. The summed E-state index contributed by atoms with van der Waals surface area (Å²) in [6.45, 7) is 7.57. The Morgan fingerprint density at radius 3 is 2.37 bits per heavy atom. The lowest BCUT2D eigenvalue weighted by Gasteiger charge is -2.23. The van der Waals surface area contributed by atoms with E-state index in [-0.39, 0.29) is 25.8 Å². The molecule has 2 atom stereocenters. The SMILES string of the molecule is C=CC[C@H](C[C@H](CCc1ccc(OCOC)cc1)OCOC)OC(=O)C=C. The molecule has 0 aliphatic heterocycles. The van der Waals surface area contributed by atoms with Crippen LogP contribution in [0.3, 0.4) is 0 Å². The van der Waals surface area contributed by atoms with Crippen LogP contribution >= 0.6 is 0 Å². The summed E-state index contributed by atoms with van der Waals surface area (Å²) in [6, 6.07) is 7.84. The molecule has 0 aliphatic rings. The first-order valence-corrected chi connectivity index (χ1v) is 8.88. The standard InChI is InChI=1S/C21H30O6/c1-5-7-20(27-21(22)6-2)14-19(26-16-24-4)13-10-17-8-11-18(12-9-17)25-15-23-3/h5-6,8-9,11-12,19-20H,1-2,7,10,13-16H2,3-4H3/t19-,20+/m0/s1. The van der Waals surface area contributed by atoms with Crippen LogP contribution in [0.25, 0.3) is 0 Å². The first-order chi connectivity index (χ1) is 13.1. The largest absolute Gasteiger partial charge is 0.468 e. The summed E-state index contributed by atoms with van der Waals surface area (Å²) >= 11 is 0. The normalized spacial score (nSPS) is 12.8. The molecule has 27 heavy (non-hydrogen) atoms. The predicted octanol–water partition coefficient (Wildman–Crippen LogP) is 3.66. The van der Waals surface area contributed by atoms with Crippen molar-refractivity contribution in [2.24, 2.45) is 0 Å². The van der Waals surface area contributed by atoms with Crippen LogP contribution in [0.2, 0.25) is 0 Å². The first-order valence-electron chi connectivity index (χ1n) is 8.88. The molecule has 0 aliphatic carbocycles. The molecule has 0 amide bonds. The van der Waals surface area contributed by atoms with Crippen molar-refractivity contribution in [2.75, 3.05) is 27.8 Å². The second-order valence-corrected chi connectivity index (χ2v) is 5.95. The van der Waals surface area contributed by atoms with Crippen molar-refractivity contribution in [3.63, 3.8) is 0 Å². The summed E-state index contributed by atoms with van der Waals surface area (Å²) in [5.41, 5.74) is 1.16. The van der Waals surface area contributed by atoms with E-state index in [0.29, 0.717) is 12.8 Å². The van der Waals surface area contributed by atoms with Gasteiger partial charge in [-0.05, 0) is 30.5 Å². The molecule has 0 radical (unpaired) electrons. The molecule has 0 saturated heterocycles. The third-order valence-electron chi connectivity index (χ3n) is 3.85. The van der Waals surface area contributed by atoms with Crippen molar-refractivity contribution in [2.45, 2.75) is 37.9 Å². The highest BCUT2D eigenvalue weighted by atomic mass is 16.7. The van der Waals surface area contributed by atoms with E-state index in [1.807, 2.05) is 24.3 Å². The lowest BCUT2D eigenvalue weighted by atomic mass is 10.0. The lowest BCUT2D eigenvalue weighted by molar-refractivity contribution is -0.146. The Morgan fingerprint density at radius 1 is 1.07 bits per heavy atom.